The van der Waals surface area contributed by atoms with Crippen LogP contribution < -0.4 is 5.32 Å². The lowest BCUT2D eigenvalue weighted by Gasteiger charge is -2.22. The van der Waals surface area contributed by atoms with Crippen LogP contribution in [0.25, 0.3) is 0 Å². The first-order valence-electron chi connectivity index (χ1n) is 6.10. The first-order valence-corrected chi connectivity index (χ1v) is 7.77. The van der Waals surface area contributed by atoms with Crippen LogP contribution in [-0.2, 0) is 6.42 Å². The van der Waals surface area contributed by atoms with Gasteiger partial charge in [-0.3, -0.25) is 0 Å². The second-order valence-corrected chi connectivity index (χ2v) is 6.39. The molecule has 0 aliphatic heterocycles. The highest BCUT2D eigenvalue weighted by molar-refractivity contribution is 9.10. The molecule has 1 heterocycles. The summed E-state index contributed by atoms with van der Waals surface area (Å²) in [7, 11) is 0. The van der Waals surface area contributed by atoms with Gasteiger partial charge < -0.3 is 5.32 Å². The van der Waals surface area contributed by atoms with Gasteiger partial charge in [0.05, 0.1) is 0 Å². The van der Waals surface area contributed by atoms with Gasteiger partial charge in [-0.25, -0.2) is 0 Å². The van der Waals surface area contributed by atoms with Crippen LogP contribution in [0, 0.1) is 5.92 Å². The molecular formula is C13H22BrNS. The molecule has 0 fully saturated rings. The van der Waals surface area contributed by atoms with Crippen LogP contribution in [0.2, 0.25) is 0 Å². The van der Waals surface area contributed by atoms with Crippen molar-refractivity contribution >= 4 is 27.3 Å². The lowest BCUT2D eigenvalue weighted by molar-refractivity contribution is 0.379. The van der Waals surface area contributed by atoms with E-state index in [0.29, 0.717) is 12.0 Å². The Morgan fingerprint density at radius 2 is 2.19 bits per heavy atom. The van der Waals surface area contributed by atoms with E-state index in [1.54, 1.807) is 0 Å². The molecule has 16 heavy (non-hydrogen) atoms. The molecule has 0 aliphatic carbocycles. The molecule has 0 aromatic carbocycles. The summed E-state index contributed by atoms with van der Waals surface area (Å²) in [6.07, 6.45) is 3.63. The SMILES string of the molecule is CCCNC(CCc1sccc1Br)C(C)C. The molecule has 1 N–H and O–H groups in total. The van der Waals surface area contributed by atoms with Gasteiger partial charge in [0.15, 0.2) is 0 Å². The third kappa shape index (κ3) is 4.56. The van der Waals surface area contributed by atoms with Crippen LogP contribution in [0.5, 0.6) is 0 Å². The highest BCUT2D eigenvalue weighted by Gasteiger charge is 2.13. The minimum Gasteiger partial charge on any atom is -0.314 e. The van der Waals surface area contributed by atoms with Gasteiger partial charge in [-0.2, -0.15) is 0 Å². The molecule has 1 rings (SSSR count). The molecule has 0 amide bonds. The number of rotatable bonds is 7. The largest absolute Gasteiger partial charge is 0.314 e. The highest BCUT2D eigenvalue weighted by Crippen LogP contribution is 2.25. The zero-order chi connectivity index (χ0) is 12.0. The van der Waals surface area contributed by atoms with Crippen molar-refractivity contribution in [1.82, 2.24) is 5.32 Å². The van der Waals surface area contributed by atoms with E-state index in [2.05, 4.69) is 53.5 Å². The van der Waals surface area contributed by atoms with E-state index < -0.39 is 0 Å². The smallest absolute Gasteiger partial charge is 0.0314 e. The number of nitrogens with one attached hydrogen (secondary N) is 1. The Bertz CT molecular complexity index is 296. The van der Waals surface area contributed by atoms with Gasteiger partial charge in [0, 0.05) is 15.4 Å². The van der Waals surface area contributed by atoms with Crippen molar-refractivity contribution in [3.63, 3.8) is 0 Å². The first-order chi connectivity index (χ1) is 7.65. The Hall–Kier alpha value is 0.140. The molecule has 1 atom stereocenters. The Morgan fingerprint density at radius 1 is 1.44 bits per heavy atom. The molecule has 0 saturated carbocycles. The summed E-state index contributed by atoms with van der Waals surface area (Å²) in [6.45, 7) is 7.96. The fourth-order valence-corrected chi connectivity index (χ4v) is 3.36. The third-order valence-electron chi connectivity index (χ3n) is 2.83. The Balaban J connectivity index is 2.40. The van der Waals surface area contributed by atoms with Crippen LogP contribution >= 0.6 is 27.3 Å². The van der Waals surface area contributed by atoms with Crippen LogP contribution in [0.4, 0.5) is 0 Å². The van der Waals surface area contributed by atoms with Crippen molar-refractivity contribution in [2.75, 3.05) is 6.54 Å². The van der Waals surface area contributed by atoms with E-state index >= 15 is 0 Å². The summed E-state index contributed by atoms with van der Waals surface area (Å²) in [4.78, 5) is 1.48. The third-order valence-corrected chi connectivity index (χ3v) is 4.82. The fourth-order valence-electron chi connectivity index (χ4n) is 1.79. The number of aryl methyl sites for hydroxylation is 1. The second-order valence-electron chi connectivity index (χ2n) is 4.54. The standard InChI is InChI=1S/C13H22BrNS/c1-4-8-15-12(10(2)3)5-6-13-11(14)7-9-16-13/h7,9-10,12,15H,4-6,8H2,1-3H3. The molecule has 0 aliphatic rings. The number of thiophene rings is 1. The molecule has 92 valence electrons. The van der Waals surface area contributed by atoms with Gasteiger partial charge in [-0.05, 0) is 59.1 Å². The fraction of sp³-hybridized carbons (Fsp3) is 0.692. The molecule has 0 bridgehead atoms. The average molecular weight is 304 g/mol. The van der Waals surface area contributed by atoms with Crippen molar-refractivity contribution < 1.29 is 0 Å². The Morgan fingerprint density at radius 3 is 2.69 bits per heavy atom. The van der Waals surface area contributed by atoms with Crippen LogP contribution in [-0.4, -0.2) is 12.6 Å². The predicted octanol–water partition coefficient (Wildman–Crippen LogP) is 4.47. The molecule has 0 spiro atoms. The van der Waals surface area contributed by atoms with Gasteiger partial charge in [0.1, 0.15) is 0 Å². The molecule has 0 radical (unpaired) electrons. The number of hydrogen-bond acceptors (Lipinski definition) is 2. The normalized spacial score (nSPS) is 13.3. The zero-order valence-electron chi connectivity index (χ0n) is 10.4. The minimum atomic E-state index is 0.647. The van der Waals surface area contributed by atoms with E-state index in [1.165, 1.54) is 28.6 Å². The maximum Gasteiger partial charge on any atom is 0.0314 e. The minimum absolute atomic E-state index is 0.647. The van der Waals surface area contributed by atoms with Crippen LogP contribution in [0.1, 0.15) is 38.5 Å². The van der Waals surface area contributed by atoms with E-state index in [1.807, 2.05) is 11.3 Å². The maximum atomic E-state index is 3.64. The molecular weight excluding hydrogens is 282 g/mol. The van der Waals surface area contributed by atoms with Crippen molar-refractivity contribution in [3.05, 3.63) is 20.8 Å². The summed E-state index contributed by atoms with van der Waals surface area (Å²) < 4.78 is 1.27. The van der Waals surface area contributed by atoms with E-state index in [9.17, 15) is 0 Å². The molecule has 1 aromatic rings. The van der Waals surface area contributed by atoms with Gasteiger partial charge in [0.25, 0.3) is 0 Å². The summed E-state index contributed by atoms with van der Waals surface area (Å²) in [5, 5.41) is 5.80. The van der Waals surface area contributed by atoms with E-state index in [4.69, 9.17) is 0 Å². The Labute approximate surface area is 112 Å². The predicted molar refractivity (Wildman–Crippen MR) is 77.3 cm³/mol. The van der Waals surface area contributed by atoms with Crippen LogP contribution in [0.3, 0.4) is 0 Å². The van der Waals surface area contributed by atoms with E-state index in [0.717, 1.165) is 6.54 Å². The van der Waals surface area contributed by atoms with Gasteiger partial charge >= 0.3 is 0 Å². The van der Waals surface area contributed by atoms with Crippen molar-refractivity contribution in [3.8, 4) is 0 Å². The molecule has 1 nitrogen and oxygen atoms in total. The quantitative estimate of drug-likeness (QED) is 0.784. The molecule has 1 unspecified atom stereocenters. The summed E-state index contributed by atoms with van der Waals surface area (Å²) >= 11 is 5.45. The lowest BCUT2D eigenvalue weighted by atomic mass is 9.99. The summed E-state index contributed by atoms with van der Waals surface area (Å²) in [5.74, 6) is 0.713. The molecule has 1 aromatic heterocycles. The summed E-state index contributed by atoms with van der Waals surface area (Å²) in [6, 6.07) is 2.79. The second kappa shape index (κ2) is 7.46. The van der Waals surface area contributed by atoms with Gasteiger partial charge in [-0.15, -0.1) is 11.3 Å². The highest BCUT2D eigenvalue weighted by atomic mass is 79.9. The summed E-state index contributed by atoms with van der Waals surface area (Å²) in [5.41, 5.74) is 0. The van der Waals surface area contributed by atoms with Crippen molar-refractivity contribution in [2.24, 2.45) is 5.92 Å². The van der Waals surface area contributed by atoms with Crippen LogP contribution in [0.15, 0.2) is 15.9 Å². The molecule has 3 heteroatoms. The average Bonchev–Trinajstić information content (AvgIpc) is 2.64. The lowest BCUT2D eigenvalue weighted by Crippen LogP contribution is -2.34. The monoisotopic (exact) mass is 303 g/mol. The number of hydrogen-bond donors (Lipinski definition) is 1. The number of halogens is 1. The van der Waals surface area contributed by atoms with Gasteiger partial charge in [0.2, 0.25) is 0 Å². The van der Waals surface area contributed by atoms with Gasteiger partial charge in [-0.1, -0.05) is 20.8 Å². The zero-order valence-corrected chi connectivity index (χ0v) is 12.8. The Kier molecular flexibility index (Phi) is 6.62. The topological polar surface area (TPSA) is 12.0 Å². The first kappa shape index (κ1) is 14.2. The van der Waals surface area contributed by atoms with E-state index in [-0.39, 0.29) is 0 Å². The molecule has 0 saturated heterocycles. The maximum absolute atomic E-state index is 3.64. The van der Waals surface area contributed by atoms with Crippen molar-refractivity contribution in [2.45, 2.75) is 46.1 Å². The van der Waals surface area contributed by atoms with Crippen molar-refractivity contribution in [1.29, 1.82) is 0 Å².